The fourth-order valence-corrected chi connectivity index (χ4v) is 5.24. The molecule has 2 amide bonds. The fraction of sp³-hybridized carbons (Fsp3) is 0.462. The lowest BCUT2D eigenvalue weighted by Crippen LogP contribution is -2.70. The standard InChI is InChI=1S/C26H29F2N5O5/c1-36-15-38-20-14-33(22(20)23(34)31-21-8-7-18-19(30-21)13-29-32-18)24(35)25(9-11-26(27,28)12-10-25)16-3-5-17(37-2)6-4-16/h3-8,13,20,22H,9-12,14-15H2,1-2H3,(H,29,32)(H,30,31,34)/t20-,22-/m1/s1. The van der Waals surface area contributed by atoms with Gasteiger partial charge in [-0.05, 0) is 42.7 Å². The predicted octanol–water partition coefficient (Wildman–Crippen LogP) is 3.25. The molecule has 1 saturated carbocycles. The molecular formula is C26H29F2N5O5. The predicted molar refractivity (Wildman–Crippen MR) is 133 cm³/mol. The van der Waals surface area contributed by atoms with Gasteiger partial charge in [0.05, 0.1) is 30.8 Å². The topological polar surface area (TPSA) is 119 Å². The average molecular weight is 530 g/mol. The van der Waals surface area contributed by atoms with Crippen LogP contribution in [0.1, 0.15) is 31.2 Å². The number of pyridine rings is 1. The van der Waals surface area contributed by atoms with Crippen molar-refractivity contribution >= 4 is 28.7 Å². The van der Waals surface area contributed by atoms with E-state index in [2.05, 4.69) is 20.5 Å². The summed E-state index contributed by atoms with van der Waals surface area (Å²) in [7, 11) is 2.99. The molecule has 0 radical (unpaired) electrons. The number of halogens is 2. The number of H-pyrrole nitrogens is 1. The van der Waals surface area contributed by atoms with E-state index in [9.17, 15) is 18.4 Å². The third-order valence-corrected chi connectivity index (χ3v) is 7.43. The highest BCUT2D eigenvalue weighted by molar-refractivity contribution is 6.01. The van der Waals surface area contributed by atoms with E-state index in [4.69, 9.17) is 14.2 Å². The second kappa shape index (κ2) is 10.3. The molecule has 3 heterocycles. The number of fused-ring (bicyclic) bond motifs is 1. The van der Waals surface area contributed by atoms with E-state index in [1.807, 2.05) is 0 Å². The van der Waals surface area contributed by atoms with Crippen molar-refractivity contribution in [2.45, 2.75) is 49.2 Å². The van der Waals surface area contributed by atoms with Crippen LogP contribution >= 0.6 is 0 Å². The van der Waals surface area contributed by atoms with Gasteiger partial charge in [0.25, 0.3) is 5.91 Å². The quantitative estimate of drug-likeness (QED) is 0.430. The lowest BCUT2D eigenvalue weighted by molar-refractivity contribution is -0.184. The van der Waals surface area contributed by atoms with Crippen molar-refractivity contribution in [2.75, 3.05) is 32.9 Å². The molecule has 10 nitrogen and oxygen atoms in total. The van der Waals surface area contributed by atoms with Gasteiger partial charge in [-0.3, -0.25) is 14.7 Å². The zero-order valence-corrected chi connectivity index (χ0v) is 21.1. The Morgan fingerprint density at radius 3 is 2.53 bits per heavy atom. The molecule has 1 aliphatic carbocycles. The number of alkyl halides is 2. The van der Waals surface area contributed by atoms with Crippen molar-refractivity contribution in [2.24, 2.45) is 0 Å². The molecule has 2 aliphatic rings. The first-order valence-corrected chi connectivity index (χ1v) is 12.3. The number of rotatable bonds is 8. The summed E-state index contributed by atoms with van der Waals surface area (Å²) in [6, 6.07) is 9.25. The van der Waals surface area contributed by atoms with Crippen LogP contribution in [0.15, 0.2) is 42.6 Å². The van der Waals surface area contributed by atoms with Gasteiger partial charge in [-0.1, -0.05) is 12.1 Å². The van der Waals surface area contributed by atoms with Gasteiger partial charge in [0.1, 0.15) is 36.0 Å². The van der Waals surface area contributed by atoms with Crippen LogP contribution in [-0.2, 0) is 24.5 Å². The van der Waals surface area contributed by atoms with Crippen LogP contribution in [0, 0.1) is 0 Å². The lowest BCUT2D eigenvalue weighted by Gasteiger charge is -2.51. The molecule has 2 aromatic heterocycles. The van der Waals surface area contributed by atoms with Crippen LogP contribution in [0.3, 0.4) is 0 Å². The molecule has 1 aliphatic heterocycles. The molecule has 2 atom stereocenters. The Labute approximate surface area is 217 Å². The van der Waals surface area contributed by atoms with Gasteiger partial charge >= 0.3 is 0 Å². The summed E-state index contributed by atoms with van der Waals surface area (Å²) in [6.45, 7) is 0.0638. The number of hydrogen-bond acceptors (Lipinski definition) is 7. The number of benzene rings is 1. The van der Waals surface area contributed by atoms with Crippen molar-refractivity contribution < 1.29 is 32.6 Å². The minimum Gasteiger partial charge on any atom is -0.497 e. The molecule has 1 saturated heterocycles. The summed E-state index contributed by atoms with van der Waals surface area (Å²) in [5.41, 5.74) is 0.692. The number of likely N-dealkylation sites (tertiary alicyclic amines) is 1. The van der Waals surface area contributed by atoms with Gasteiger partial charge in [0.15, 0.2) is 0 Å². The highest BCUT2D eigenvalue weighted by Gasteiger charge is 2.56. The summed E-state index contributed by atoms with van der Waals surface area (Å²) in [6.07, 6.45) is -0.0287. The summed E-state index contributed by atoms with van der Waals surface area (Å²) >= 11 is 0. The number of ether oxygens (including phenoxy) is 3. The third-order valence-electron chi connectivity index (χ3n) is 7.43. The van der Waals surface area contributed by atoms with E-state index < -0.39 is 42.2 Å². The molecule has 1 aromatic carbocycles. The number of carbonyl (C=O) groups is 2. The summed E-state index contributed by atoms with van der Waals surface area (Å²) in [5.74, 6) is -2.84. The second-order valence-corrected chi connectivity index (χ2v) is 9.67. The molecular weight excluding hydrogens is 500 g/mol. The van der Waals surface area contributed by atoms with Crippen LogP contribution in [0.25, 0.3) is 11.0 Å². The molecule has 3 aromatic rings. The maximum Gasteiger partial charge on any atom is 0.251 e. The first-order valence-electron chi connectivity index (χ1n) is 12.3. The molecule has 12 heteroatoms. The smallest absolute Gasteiger partial charge is 0.251 e. The van der Waals surface area contributed by atoms with E-state index in [-0.39, 0.29) is 37.9 Å². The Kier molecular flexibility index (Phi) is 7.01. The Hall–Kier alpha value is -3.64. The van der Waals surface area contributed by atoms with Gasteiger partial charge in [0.2, 0.25) is 11.8 Å². The molecule has 0 unspecified atom stereocenters. The highest BCUT2D eigenvalue weighted by atomic mass is 19.3. The van der Waals surface area contributed by atoms with Crippen molar-refractivity contribution in [1.82, 2.24) is 20.1 Å². The monoisotopic (exact) mass is 529 g/mol. The van der Waals surface area contributed by atoms with Crippen molar-refractivity contribution in [3.05, 3.63) is 48.2 Å². The van der Waals surface area contributed by atoms with Gasteiger partial charge in [-0.15, -0.1) is 0 Å². The number of carbonyl (C=O) groups excluding carboxylic acids is 2. The number of nitrogens with one attached hydrogen (secondary N) is 2. The normalized spacial score (nSPS) is 22.1. The SMILES string of the molecule is COCO[C@@H]1CN(C(=O)C2(c3ccc(OC)cc3)CCC(F)(F)CC2)[C@H]1C(=O)Nc1ccc2[nH]ncc2n1. The number of aromatic nitrogens is 3. The molecule has 0 bridgehead atoms. The summed E-state index contributed by atoms with van der Waals surface area (Å²) < 4.78 is 44.4. The van der Waals surface area contributed by atoms with Crippen LogP contribution in [-0.4, -0.2) is 77.5 Å². The fourth-order valence-electron chi connectivity index (χ4n) is 5.24. The van der Waals surface area contributed by atoms with Gasteiger partial charge < -0.3 is 24.4 Å². The molecule has 2 fully saturated rings. The molecule has 5 rings (SSSR count). The van der Waals surface area contributed by atoms with Crippen molar-refractivity contribution in [1.29, 1.82) is 0 Å². The number of amides is 2. The van der Waals surface area contributed by atoms with Crippen LogP contribution in [0.2, 0.25) is 0 Å². The largest absolute Gasteiger partial charge is 0.497 e. The Bertz CT molecular complexity index is 1300. The van der Waals surface area contributed by atoms with Crippen LogP contribution < -0.4 is 10.1 Å². The maximum absolute atomic E-state index is 14.2. The lowest BCUT2D eigenvalue weighted by atomic mass is 9.66. The number of hydrogen-bond donors (Lipinski definition) is 2. The van der Waals surface area contributed by atoms with E-state index in [1.165, 1.54) is 25.3 Å². The third kappa shape index (κ3) is 4.81. The van der Waals surface area contributed by atoms with Gasteiger partial charge in [-0.25, -0.2) is 13.8 Å². The second-order valence-electron chi connectivity index (χ2n) is 9.67. The summed E-state index contributed by atoms with van der Waals surface area (Å²) in [4.78, 5) is 33.4. The number of methoxy groups -OCH3 is 2. The van der Waals surface area contributed by atoms with Crippen molar-refractivity contribution in [3.63, 3.8) is 0 Å². The van der Waals surface area contributed by atoms with Crippen LogP contribution in [0.5, 0.6) is 5.75 Å². The minimum atomic E-state index is -2.84. The Morgan fingerprint density at radius 2 is 1.84 bits per heavy atom. The molecule has 0 spiro atoms. The van der Waals surface area contributed by atoms with Crippen LogP contribution in [0.4, 0.5) is 14.6 Å². The maximum atomic E-state index is 14.2. The zero-order valence-electron chi connectivity index (χ0n) is 21.1. The zero-order chi connectivity index (χ0) is 26.9. The van der Waals surface area contributed by atoms with E-state index >= 15 is 0 Å². The first-order chi connectivity index (χ1) is 18.3. The summed E-state index contributed by atoms with van der Waals surface area (Å²) in [5, 5.41) is 9.48. The first kappa shape index (κ1) is 26.0. The number of anilines is 1. The average Bonchev–Trinajstić information content (AvgIpc) is 3.36. The Balaban J connectivity index is 1.43. The molecule has 38 heavy (non-hydrogen) atoms. The van der Waals surface area contributed by atoms with Gasteiger partial charge in [-0.2, -0.15) is 5.10 Å². The Morgan fingerprint density at radius 1 is 1.11 bits per heavy atom. The van der Waals surface area contributed by atoms with E-state index in [0.29, 0.717) is 22.3 Å². The molecule has 202 valence electrons. The number of aromatic amines is 1. The van der Waals surface area contributed by atoms with Gasteiger partial charge in [0, 0.05) is 20.0 Å². The van der Waals surface area contributed by atoms with Crippen molar-refractivity contribution in [3.8, 4) is 5.75 Å². The van der Waals surface area contributed by atoms with E-state index in [0.717, 1.165) is 0 Å². The minimum absolute atomic E-state index is 0.0433. The van der Waals surface area contributed by atoms with E-state index in [1.54, 1.807) is 36.4 Å². The number of nitrogens with zero attached hydrogens (tertiary/aromatic N) is 3. The highest BCUT2D eigenvalue weighted by Crippen LogP contribution is 2.48. The molecule has 2 N–H and O–H groups in total.